The fourth-order valence-corrected chi connectivity index (χ4v) is 1.30. The minimum atomic E-state index is -0.744. The number of phenolic OH excluding ortho intramolecular Hbond substituents is 1. The van der Waals surface area contributed by atoms with Gasteiger partial charge in [0, 0.05) is 12.7 Å². The molecular formula is C12H14O6. The van der Waals surface area contributed by atoms with Gasteiger partial charge in [-0.05, 0) is 12.1 Å². The first kappa shape index (κ1) is 14.0. The van der Waals surface area contributed by atoms with E-state index >= 15 is 0 Å². The molecule has 0 radical (unpaired) electrons. The Labute approximate surface area is 104 Å². The summed E-state index contributed by atoms with van der Waals surface area (Å²) in [5.74, 6) is -1.06. The summed E-state index contributed by atoms with van der Waals surface area (Å²) in [4.78, 5) is 22.4. The van der Waals surface area contributed by atoms with Crippen molar-refractivity contribution in [2.24, 2.45) is 0 Å². The van der Waals surface area contributed by atoms with E-state index in [4.69, 9.17) is 14.2 Å². The van der Waals surface area contributed by atoms with Gasteiger partial charge in [0.1, 0.15) is 18.5 Å². The Bertz CT molecular complexity index is 440. The second-order valence-electron chi connectivity index (χ2n) is 3.37. The van der Waals surface area contributed by atoms with Gasteiger partial charge >= 0.3 is 5.97 Å². The lowest BCUT2D eigenvalue weighted by Gasteiger charge is -2.09. The Hall–Kier alpha value is -2.08. The third-order valence-electron chi connectivity index (χ3n) is 2.19. The molecule has 6 heteroatoms. The van der Waals surface area contributed by atoms with Crippen LogP contribution in [-0.4, -0.2) is 44.8 Å². The smallest absolute Gasteiger partial charge is 0.342 e. The number of rotatable bonds is 6. The van der Waals surface area contributed by atoms with Gasteiger partial charge in [-0.15, -0.1) is 0 Å². The van der Waals surface area contributed by atoms with E-state index in [1.807, 2.05) is 0 Å². The molecule has 0 saturated heterocycles. The van der Waals surface area contributed by atoms with Crippen molar-refractivity contribution < 1.29 is 28.9 Å². The average Bonchev–Trinajstić information content (AvgIpc) is 2.39. The zero-order valence-corrected chi connectivity index (χ0v) is 10.1. The first-order chi connectivity index (χ1) is 8.63. The lowest BCUT2D eigenvalue weighted by Crippen LogP contribution is -2.11. The highest BCUT2D eigenvalue weighted by atomic mass is 16.6. The molecule has 1 N–H and O–H groups in total. The van der Waals surface area contributed by atoms with Gasteiger partial charge in [0.15, 0.2) is 11.5 Å². The van der Waals surface area contributed by atoms with E-state index in [9.17, 15) is 14.7 Å². The molecule has 18 heavy (non-hydrogen) atoms. The summed E-state index contributed by atoms with van der Waals surface area (Å²) >= 11 is 0. The third kappa shape index (κ3) is 3.21. The molecule has 1 aromatic carbocycles. The number of benzene rings is 1. The van der Waals surface area contributed by atoms with Crippen molar-refractivity contribution in [3.8, 4) is 11.5 Å². The van der Waals surface area contributed by atoms with Crippen molar-refractivity contribution in [1.29, 1.82) is 0 Å². The van der Waals surface area contributed by atoms with Crippen molar-refractivity contribution in [2.75, 3.05) is 27.4 Å². The van der Waals surface area contributed by atoms with Crippen molar-refractivity contribution in [1.82, 2.24) is 0 Å². The van der Waals surface area contributed by atoms with Crippen LogP contribution >= 0.6 is 0 Å². The predicted molar refractivity (Wildman–Crippen MR) is 62.2 cm³/mol. The number of aromatic hydroxyl groups is 1. The van der Waals surface area contributed by atoms with Crippen molar-refractivity contribution in [2.45, 2.75) is 0 Å². The number of esters is 1. The summed E-state index contributed by atoms with van der Waals surface area (Å²) < 4.78 is 14.4. The van der Waals surface area contributed by atoms with E-state index in [1.165, 1.54) is 26.4 Å². The highest BCUT2D eigenvalue weighted by molar-refractivity contribution is 5.95. The Morgan fingerprint density at radius 1 is 1.33 bits per heavy atom. The number of hydrogen-bond acceptors (Lipinski definition) is 6. The number of ether oxygens (including phenoxy) is 3. The van der Waals surface area contributed by atoms with Gasteiger partial charge in [-0.1, -0.05) is 0 Å². The molecule has 98 valence electrons. The summed E-state index contributed by atoms with van der Waals surface area (Å²) in [6.07, 6.45) is 0.549. The van der Waals surface area contributed by atoms with Crippen LogP contribution in [0.4, 0.5) is 0 Å². The Kier molecular flexibility index (Phi) is 5.13. The Morgan fingerprint density at radius 3 is 2.61 bits per heavy atom. The standard InChI is InChI=1S/C12H14O6/c1-16-3-4-18-12(15)9-5-8(7-13)6-10(17-2)11(9)14/h5-7,14H,3-4H2,1-2H3. The summed E-state index contributed by atoms with van der Waals surface area (Å²) in [5, 5.41) is 9.76. The SMILES string of the molecule is COCCOC(=O)c1cc(C=O)cc(OC)c1O. The average molecular weight is 254 g/mol. The van der Waals surface area contributed by atoms with Gasteiger partial charge in [0.2, 0.25) is 0 Å². The van der Waals surface area contributed by atoms with Gasteiger partial charge in [-0.3, -0.25) is 4.79 Å². The molecule has 0 atom stereocenters. The van der Waals surface area contributed by atoms with Crippen LogP contribution in [-0.2, 0) is 9.47 Å². The monoisotopic (exact) mass is 254 g/mol. The molecule has 6 nitrogen and oxygen atoms in total. The summed E-state index contributed by atoms with van der Waals surface area (Å²) in [5.41, 5.74) is 0.0934. The molecule has 0 aliphatic heterocycles. The summed E-state index contributed by atoms with van der Waals surface area (Å²) in [7, 11) is 2.80. The minimum Gasteiger partial charge on any atom is -0.504 e. The van der Waals surface area contributed by atoms with Crippen molar-refractivity contribution in [3.63, 3.8) is 0 Å². The van der Waals surface area contributed by atoms with Crippen molar-refractivity contribution in [3.05, 3.63) is 23.3 Å². The number of hydrogen-bond donors (Lipinski definition) is 1. The lowest BCUT2D eigenvalue weighted by atomic mass is 10.1. The molecule has 0 bridgehead atoms. The fraction of sp³-hybridized carbons (Fsp3) is 0.333. The molecular weight excluding hydrogens is 240 g/mol. The van der Waals surface area contributed by atoms with E-state index in [0.29, 0.717) is 6.29 Å². The zero-order valence-electron chi connectivity index (χ0n) is 10.1. The molecule has 0 fully saturated rings. The number of phenols is 1. The van der Waals surface area contributed by atoms with Crippen LogP contribution < -0.4 is 4.74 Å². The van der Waals surface area contributed by atoms with Crippen LogP contribution in [0.25, 0.3) is 0 Å². The van der Waals surface area contributed by atoms with Crippen molar-refractivity contribution >= 4 is 12.3 Å². The van der Waals surface area contributed by atoms with Crippen LogP contribution in [0.2, 0.25) is 0 Å². The van der Waals surface area contributed by atoms with Gasteiger partial charge in [0.25, 0.3) is 0 Å². The molecule has 0 aromatic heterocycles. The first-order valence-electron chi connectivity index (χ1n) is 5.16. The molecule has 0 saturated carbocycles. The quantitative estimate of drug-likeness (QED) is 0.463. The second kappa shape index (κ2) is 6.61. The molecule has 0 unspecified atom stereocenters. The maximum Gasteiger partial charge on any atom is 0.342 e. The van der Waals surface area contributed by atoms with E-state index < -0.39 is 5.97 Å². The van der Waals surface area contributed by atoms with Crippen LogP contribution in [0.3, 0.4) is 0 Å². The molecule has 0 heterocycles. The maximum absolute atomic E-state index is 11.7. The van der Waals surface area contributed by atoms with E-state index in [1.54, 1.807) is 0 Å². The molecule has 1 rings (SSSR count). The number of carbonyl (C=O) groups excluding carboxylic acids is 2. The number of carbonyl (C=O) groups is 2. The van der Waals surface area contributed by atoms with Crippen LogP contribution in [0, 0.1) is 0 Å². The molecule has 0 amide bonds. The van der Waals surface area contributed by atoms with Crippen LogP contribution in [0.5, 0.6) is 11.5 Å². The third-order valence-corrected chi connectivity index (χ3v) is 2.19. The Balaban J connectivity index is 2.99. The molecule has 0 aliphatic rings. The largest absolute Gasteiger partial charge is 0.504 e. The second-order valence-corrected chi connectivity index (χ2v) is 3.37. The predicted octanol–water partition coefficient (Wildman–Crippen LogP) is 1.02. The normalized spacial score (nSPS) is 9.89. The van der Waals surface area contributed by atoms with E-state index in [2.05, 4.69) is 0 Å². The Morgan fingerprint density at radius 2 is 2.06 bits per heavy atom. The van der Waals surface area contributed by atoms with Gasteiger partial charge in [-0.2, -0.15) is 0 Å². The molecule has 1 aromatic rings. The lowest BCUT2D eigenvalue weighted by molar-refractivity contribution is 0.0384. The maximum atomic E-state index is 11.7. The first-order valence-corrected chi connectivity index (χ1v) is 5.16. The highest BCUT2D eigenvalue weighted by Crippen LogP contribution is 2.31. The minimum absolute atomic E-state index is 0.0401. The number of methoxy groups -OCH3 is 2. The van der Waals surface area contributed by atoms with Gasteiger partial charge in [0.05, 0.1) is 13.7 Å². The molecule has 0 spiro atoms. The highest BCUT2D eigenvalue weighted by Gasteiger charge is 2.18. The van der Waals surface area contributed by atoms with Crippen LogP contribution in [0.1, 0.15) is 20.7 Å². The number of aldehydes is 1. The van der Waals surface area contributed by atoms with Crippen LogP contribution in [0.15, 0.2) is 12.1 Å². The molecule has 0 aliphatic carbocycles. The van der Waals surface area contributed by atoms with Gasteiger partial charge in [-0.25, -0.2) is 4.79 Å². The van der Waals surface area contributed by atoms with E-state index in [-0.39, 0.29) is 35.8 Å². The van der Waals surface area contributed by atoms with E-state index in [0.717, 1.165) is 0 Å². The zero-order chi connectivity index (χ0) is 13.5. The summed E-state index contributed by atoms with van der Waals surface area (Å²) in [6, 6.07) is 2.56. The van der Waals surface area contributed by atoms with Gasteiger partial charge < -0.3 is 19.3 Å². The topological polar surface area (TPSA) is 82.1 Å². The fourth-order valence-electron chi connectivity index (χ4n) is 1.30. The summed E-state index contributed by atoms with van der Waals surface area (Å²) in [6.45, 7) is 0.305.